The highest BCUT2D eigenvalue weighted by atomic mass is 32.2. The van der Waals surface area contributed by atoms with Gasteiger partial charge in [0.25, 0.3) is 11.8 Å². The molecule has 0 aliphatic carbocycles. The molecule has 0 aromatic heterocycles. The third kappa shape index (κ3) is 2.90. The fourth-order valence-corrected chi connectivity index (χ4v) is 2.94. The zero-order valence-corrected chi connectivity index (χ0v) is 11.2. The van der Waals surface area contributed by atoms with Crippen LogP contribution in [0.25, 0.3) is 0 Å². The van der Waals surface area contributed by atoms with E-state index in [0.29, 0.717) is 18.0 Å². The summed E-state index contributed by atoms with van der Waals surface area (Å²) in [6.07, 6.45) is -0.0941. The van der Waals surface area contributed by atoms with Crippen LogP contribution in [0.5, 0.6) is 0 Å². The van der Waals surface area contributed by atoms with Crippen LogP contribution in [0.4, 0.5) is 0 Å². The predicted molar refractivity (Wildman–Crippen MR) is 73.3 cm³/mol. The van der Waals surface area contributed by atoms with Crippen LogP contribution in [0, 0.1) is 0 Å². The molecule has 0 saturated carbocycles. The number of primary amides is 1. The van der Waals surface area contributed by atoms with Crippen LogP contribution in [0.1, 0.15) is 5.56 Å². The first-order valence-corrected chi connectivity index (χ1v) is 7.13. The molecule has 0 radical (unpaired) electrons. The molecule has 6 heteroatoms. The summed E-state index contributed by atoms with van der Waals surface area (Å²) in [6.45, 7) is 0.536. The fraction of sp³-hybridized carbons (Fsp3) is 0.385. The number of benzene rings is 1. The zero-order valence-electron chi connectivity index (χ0n) is 10.4. The highest BCUT2D eigenvalue weighted by molar-refractivity contribution is 7.99. The molecule has 1 aromatic rings. The Morgan fingerprint density at radius 3 is 2.58 bits per heavy atom. The number of hydrogen-bond acceptors (Lipinski definition) is 4. The molecule has 5 nitrogen and oxygen atoms in total. The molecule has 2 rings (SSSR count). The van der Waals surface area contributed by atoms with Crippen LogP contribution in [0.3, 0.4) is 0 Å². The highest BCUT2D eigenvalue weighted by Crippen LogP contribution is 2.21. The molecule has 2 amide bonds. The number of thioether (sulfide) groups is 1. The van der Waals surface area contributed by atoms with Gasteiger partial charge in [-0.3, -0.25) is 9.59 Å². The maximum atomic E-state index is 12.3. The lowest BCUT2D eigenvalue weighted by Gasteiger charge is -2.28. The molecule has 19 heavy (non-hydrogen) atoms. The molecule has 1 aromatic carbocycles. The van der Waals surface area contributed by atoms with E-state index in [1.165, 1.54) is 4.90 Å². The van der Waals surface area contributed by atoms with E-state index >= 15 is 0 Å². The molecule has 0 unspecified atom stereocenters. The van der Waals surface area contributed by atoms with E-state index in [1.54, 1.807) is 36.0 Å². The minimum absolute atomic E-state index is 0.0941. The smallest absolute Gasteiger partial charge is 0.265 e. The first-order chi connectivity index (χ1) is 9.04. The van der Waals surface area contributed by atoms with Gasteiger partial charge in [-0.25, -0.2) is 0 Å². The van der Waals surface area contributed by atoms with Crippen LogP contribution in [0.2, 0.25) is 0 Å². The topological polar surface area (TPSA) is 83.6 Å². The van der Waals surface area contributed by atoms with Gasteiger partial charge in [-0.1, -0.05) is 30.3 Å². The molecule has 1 aliphatic heterocycles. The van der Waals surface area contributed by atoms with E-state index < -0.39 is 17.4 Å². The molecule has 102 valence electrons. The Balaban J connectivity index is 2.22. The quantitative estimate of drug-likeness (QED) is 0.759. The minimum atomic E-state index is -2.16. The van der Waals surface area contributed by atoms with Crippen LogP contribution < -0.4 is 5.73 Å². The number of hydrogen-bond donors (Lipinski definition) is 2. The highest BCUT2D eigenvalue weighted by Gasteiger charge is 2.45. The number of aliphatic hydroxyl groups is 1. The fourth-order valence-electron chi connectivity index (χ4n) is 2.00. The average Bonchev–Trinajstić information content (AvgIpc) is 2.92. The van der Waals surface area contributed by atoms with Crippen LogP contribution in [-0.4, -0.2) is 45.6 Å². The maximum absolute atomic E-state index is 12.3. The third-order valence-electron chi connectivity index (χ3n) is 3.10. The first-order valence-electron chi connectivity index (χ1n) is 5.97. The molecular formula is C13H16N2O3S. The summed E-state index contributed by atoms with van der Waals surface area (Å²) in [5, 5.41) is 10.4. The van der Waals surface area contributed by atoms with Crippen molar-refractivity contribution in [1.29, 1.82) is 0 Å². The number of carbonyl (C=O) groups excluding carboxylic acids is 2. The molecule has 1 fully saturated rings. The summed E-state index contributed by atoms with van der Waals surface area (Å²) in [7, 11) is 0. The summed E-state index contributed by atoms with van der Waals surface area (Å²) in [5.74, 6) is -0.304. The van der Waals surface area contributed by atoms with E-state index in [9.17, 15) is 14.7 Å². The van der Waals surface area contributed by atoms with Gasteiger partial charge in [0.2, 0.25) is 5.60 Å². The Morgan fingerprint density at radius 1 is 1.37 bits per heavy atom. The average molecular weight is 280 g/mol. The van der Waals surface area contributed by atoms with Crippen LogP contribution in [-0.2, 0) is 16.0 Å². The van der Waals surface area contributed by atoms with Gasteiger partial charge >= 0.3 is 0 Å². The summed E-state index contributed by atoms with van der Waals surface area (Å²) < 4.78 is 0. The van der Waals surface area contributed by atoms with Gasteiger partial charge in [-0.15, -0.1) is 11.8 Å². The van der Waals surface area contributed by atoms with E-state index in [0.717, 1.165) is 5.75 Å². The largest absolute Gasteiger partial charge is 0.371 e. The normalized spacial score (nSPS) is 18.1. The summed E-state index contributed by atoms with van der Waals surface area (Å²) in [6, 6.07) is 8.89. The monoisotopic (exact) mass is 280 g/mol. The van der Waals surface area contributed by atoms with Gasteiger partial charge in [0.15, 0.2) is 0 Å². The number of nitrogens with zero attached hydrogens (tertiary/aromatic N) is 1. The standard InChI is InChI=1S/C13H16N2O3S/c14-11(16)13(18,8-10-4-2-1-3-5-10)12(17)15-6-7-19-9-15/h1-5,18H,6-9H2,(H2,14,16)/t13-/m1/s1. The molecule has 0 spiro atoms. The zero-order chi connectivity index (χ0) is 13.9. The number of nitrogens with two attached hydrogens (primary N) is 1. The van der Waals surface area contributed by atoms with Gasteiger partial charge in [-0.2, -0.15) is 0 Å². The third-order valence-corrected chi connectivity index (χ3v) is 4.07. The maximum Gasteiger partial charge on any atom is 0.265 e. The van der Waals surface area contributed by atoms with Crippen molar-refractivity contribution in [3.8, 4) is 0 Å². The minimum Gasteiger partial charge on any atom is -0.371 e. The van der Waals surface area contributed by atoms with E-state index in [2.05, 4.69) is 0 Å². The molecule has 1 atom stereocenters. The van der Waals surface area contributed by atoms with Crippen molar-refractivity contribution in [3.05, 3.63) is 35.9 Å². The van der Waals surface area contributed by atoms with Crippen molar-refractivity contribution < 1.29 is 14.7 Å². The van der Waals surface area contributed by atoms with Crippen molar-refractivity contribution in [3.63, 3.8) is 0 Å². The Labute approximate surface area is 115 Å². The van der Waals surface area contributed by atoms with Gasteiger partial charge in [0.1, 0.15) is 0 Å². The van der Waals surface area contributed by atoms with Crippen molar-refractivity contribution in [2.75, 3.05) is 18.2 Å². The predicted octanol–water partition coefficient (Wildman–Crippen LogP) is -0.0216. The Kier molecular flexibility index (Phi) is 4.11. The Hall–Kier alpha value is -1.53. The lowest BCUT2D eigenvalue weighted by molar-refractivity contribution is -0.158. The van der Waals surface area contributed by atoms with Gasteiger partial charge in [0, 0.05) is 18.7 Å². The first kappa shape index (κ1) is 13.9. The molecule has 3 N–H and O–H groups in total. The van der Waals surface area contributed by atoms with Gasteiger partial charge in [0.05, 0.1) is 5.88 Å². The molecule has 1 heterocycles. The van der Waals surface area contributed by atoms with E-state index in [4.69, 9.17) is 5.73 Å². The second-order valence-corrected chi connectivity index (χ2v) is 5.57. The Morgan fingerprint density at radius 2 is 2.05 bits per heavy atom. The summed E-state index contributed by atoms with van der Waals surface area (Å²) >= 11 is 1.59. The second kappa shape index (κ2) is 5.63. The van der Waals surface area contributed by atoms with Crippen molar-refractivity contribution in [1.82, 2.24) is 4.90 Å². The van der Waals surface area contributed by atoms with Crippen LogP contribution in [0.15, 0.2) is 30.3 Å². The van der Waals surface area contributed by atoms with Crippen molar-refractivity contribution in [2.24, 2.45) is 5.73 Å². The van der Waals surface area contributed by atoms with Gasteiger partial charge < -0.3 is 15.7 Å². The number of amides is 2. The summed E-state index contributed by atoms with van der Waals surface area (Å²) in [5.41, 5.74) is 3.78. The van der Waals surface area contributed by atoms with Crippen LogP contribution >= 0.6 is 11.8 Å². The van der Waals surface area contributed by atoms with Crippen molar-refractivity contribution in [2.45, 2.75) is 12.0 Å². The summed E-state index contributed by atoms with van der Waals surface area (Å²) in [4.78, 5) is 25.3. The molecule has 0 bridgehead atoms. The molecule has 1 aliphatic rings. The number of rotatable bonds is 4. The molecule has 1 saturated heterocycles. The lowest BCUT2D eigenvalue weighted by Crippen LogP contribution is -2.57. The molecular weight excluding hydrogens is 264 g/mol. The lowest BCUT2D eigenvalue weighted by atomic mass is 9.92. The SMILES string of the molecule is NC(=O)[C@](O)(Cc1ccccc1)C(=O)N1CCSC1. The Bertz CT molecular complexity index is 474. The number of carbonyl (C=O) groups is 2. The second-order valence-electron chi connectivity index (χ2n) is 4.49. The van der Waals surface area contributed by atoms with Crippen molar-refractivity contribution >= 4 is 23.6 Å². The van der Waals surface area contributed by atoms with Gasteiger partial charge in [-0.05, 0) is 5.56 Å². The van der Waals surface area contributed by atoms with E-state index in [1.807, 2.05) is 6.07 Å². The van der Waals surface area contributed by atoms with E-state index in [-0.39, 0.29) is 6.42 Å².